The molecule has 0 radical (unpaired) electrons. The predicted octanol–water partition coefficient (Wildman–Crippen LogP) is 12.5. The third kappa shape index (κ3) is 4.25. The average Bonchev–Trinajstić information content (AvgIpc) is 3.69. The van der Waals surface area contributed by atoms with E-state index in [1.165, 1.54) is 93.9 Å². The van der Waals surface area contributed by atoms with Crippen LogP contribution in [0.2, 0.25) is 0 Å². The number of hydrogen-bond acceptors (Lipinski definition) is 0. The van der Waals surface area contributed by atoms with Gasteiger partial charge in [0.15, 0.2) is 0 Å². The molecular formula is C47H31N. The highest BCUT2D eigenvalue weighted by Gasteiger charge is 2.21. The lowest BCUT2D eigenvalue weighted by Crippen LogP contribution is -1.95. The second-order valence-corrected chi connectivity index (χ2v) is 13.0. The minimum absolute atomic E-state index is 0.986. The van der Waals surface area contributed by atoms with Crippen molar-refractivity contribution in [2.24, 2.45) is 0 Å². The lowest BCUT2D eigenvalue weighted by Gasteiger charge is -2.12. The van der Waals surface area contributed by atoms with Gasteiger partial charge in [0.2, 0.25) is 0 Å². The van der Waals surface area contributed by atoms with Gasteiger partial charge in [-0.2, -0.15) is 0 Å². The van der Waals surface area contributed by atoms with Crippen molar-refractivity contribution >= 4 is 32.6 Å². The zero-order valence-electron chi connectivity index (χ0n) is 26.4. The first-order chi connectivity index (χ1) is 23.8. The highest BCUT2D eigenvalue weighted by molar-refractivity contribution is 6.13. The first kappa shape index (κ1) is 27.0. The van der Waals surface area contributed by atoms with Gasteiger partial charge >= 0.3 is 0 Å². The molecule has 0 saturated carbocycles. The molecule has 224 valence electrons. The molecule has 1 aliphatic rings. The molecule has 1 nitrogen and oxygen atoms in total. The molecular weight excluding hydrogens is 579 g/mol. The first-order valence-electron chi connectivity index (χ1n) is 16.7. The summed E-state index contributed by atoms with van der Waals surface area (Å²) in [5, 5.41) is 5.03. The Morgan fingerprint density at radius 1 is 0.333 bits per heavy atom. The van der Waals surface area contributed by atoms with Crippen molar-refractivity contribution in [3.63, 3.8) is 0 Å². The van der Waals surface area contributed by atoms with Crippen molar-refractivity contribution in [1.29, 1.82) is 0 Å². The van der Waals surface area contributed by atoms with Crippen LogP contribution in [0.4, 0.5) is 0 Å². The van der Waals surface area contributed by atoms with Gasteiger partial charge in [-0.05, 0) is 110 Å². The van der Waals surface area contributed by atoms with Gasteiger partial charge in [0.25, 0.3) is 0 Å². The summed E-state index contributed by atoms with van der Waals surface area (Å²) < 4.78 is 2.45. The fourth-order valence-electron chi connectivity index (χ4n) is 7.83. The van der Waals surface area contributed by atoms with Crippen LogP contribution in [0.3, 0.4) is 0 Å². The maximum Gasteiger partial charge on any atom is 0.0541 e. The quantitative estimate of drug-likeness (QED) is 0.187. The molecule has 8 aromatic carbocycles. The zero-order chi connectivity index (χ0) is 31.6. The second-order valence-electron chi connectivity index (χ2n) is 13.0. The van der Waals surface area contributed by atoms with E-state index in [2.05, 4.69) is 180 Å². The van der Waals surface area contributed by atoms with Crippen LogP contribution in [0.25, 0.3) is 82.8 Å². The lowest BCUT2D eigenvalue weighted by atomic mass is 9.95. The number of nitrogens with zero attached hydrogens (tertiary/aromatic N) is 1. The Labute approximate surface area is 280 Å². The van der Waals surface area contributed by atoms with Crippen LogP contribution in [-0.2, 0) is 6.42 Å². The van der Waals surface area contributed by atoms with Crippen LogP contribution in [0.1, 0.15) is 11.1 Å². The smallest absolute Gasteiger partial charge is 0.0541 e. The molecule has 0 amide bonds. The molecule has 9 aromatic rings. The van der Waals surface area contributed by atoms with Gasteiger partial charge in [0.05, 0.1) is 16.7 Å². The van der Waals surface area contributed by atoms with Crippen LogP contribution in [0.5, 0.6) is 0 Å². The third-order valence-electron chi connectivity index (χ3n) is 10.2. The van der Waals surface area contributed by atoms with Gasteiger partial charge in [-0.3, -0.25) is 0 Å². The Morgan fingerprint density at radius 3 is 1.44 bits per heavy atom. The monoisotopic (exact) mass is 609 g/mol. The van der Waals surface area contributed by atoms with Gasteiger partial charge < -0.3 is 4.57 Å². The number of benzene rings is 8. The van der Waals surface area contributed by atoms with Crippen LogP contribution in [0, 0.1) is 0 Å². The van der Waals surface area contributed by atoms with Crippen LogP contribution >= 0.6 is 0 Å². The summed E-state index contributed by atoms with van der Waals surface area (Å²) in [7, 11) is 0. The number of aromatic nitrogens is 1. The van der Waals surface area contributed by atoms with Crippen molar-refractivity contribution < 1.29 is 0 Å². The Bertz CT molecular complexity index is 2670. The Morgan fingerprint density at radius 2 is 0.812 bits per heavy atom. The number of hydrogen-bond donors (Lipinski definition) is 0. The molecule has 0 aliphatic heterocycles. The first-order valence-corrected chi connectivity index (χ1v) is 16.7. The van der Waals surface area contributed by atoms with E-state index in [0.29, 0.717) is 0 Å². The fourth-order valence-corrected chi connectivity index (χ4v) is 7.83. The van der Waals surface area contributed by atoms with E-state index in [0.717, 1.165) is 6.42 Å². The summed E-state index contributed by atoms with van der Waals surface area (Å²) in [4.78, 5) is 0. The summed E-state index contributed by atoms with van der Waals surface area (Å²) in [6.07, 6.45) is 0.986. The highest BCUT2D eigenvalue weighted by atomic mass is 15.0. The standard InChI is InChI=1S/C47H31N/c1-3-10-31(11-4-1)34-18-20-38-26-39-21-19-36(28-42(39)41(38)27-34)37-23-25-47-44(30-37)43-29-35(32-12-5-2-6-13-32)22-24-46(43)48(47)45-17-9-15-33-14-7-8-16-40(33)45/h1-25,27-30H,26H2. The van der Waals surface area contributed by atoms with Gasteiger partial charge in [0, 0.05) is 16.2 Å². The molecule has 10 rings (SSSR count). The highest BCUT2D eigenvalue weighted by Crippen LogP contribution is 2.43. The van der Waals surface area contributed by atoms with E-state index in [9.17, 15) is 0 Å². The molecule has 0 fully saturated rings. The molecule has 48 heavy (non-hydrogen) atoms. The van der Waals surface area contributed by atoms with E-state index in [-0.39, 0.29) is 0 Å². The fraction of sp³-hybridized carbons (Fsp3) is 0.0213. The van der Waals surface area contributed by atoms with Crippen LogP contribution in [0.15, 0.2) is 176 Å². The van der Waals surface area contributed by atoms with Crippen molar-refractivity contribution in [3.8, 4) is 50.2 Å². The van der Waals surface area contributed by atoms with Gasteiger partial charge in [-0.15, -0.1) is 0 Å². The van der Waals surface area contributed by atoms with Crippen LogP contribution in [-0.4, -0.2) is 4.57 Å². The molecule has 0 bridgehead atoms. The van der Waals surface area contributed by atoms with E-state index in [1.54, 1.807) is 0 Å². The normalized spacial score (nSPS) is 12.1. The minimum Gasteiger partial charge on any atom is -0.309 e. The minimum atomic E-state index is 0.986. The molecule has 0 N–H and O–H groups in total. The van der Waals surface area contributed by atoms with Gasteiger partial charge in [-0.25, -0.2) is 0 Å². The second kappa shape index (κ2) is 10.7. The topological polar surface area (TPSA) is 4.93 Å². The average molecular weight is 610 g/mol. The molecule has 1 aliphatic carbocycles. The lowest BCUT2D eigenvalue weighted by molar-refractivity contribution is 1.20. The summed E-state index contributed by atoms with van der Waals surface area (Å²) in [6, 6.07) is 64.7. The van der Waals surface area contributed by atoms with E-state index in [1.807, 2.05) is 0 Å². The van der Waals surface area contributed by atoms with Crippen molar-refractivity contribution in [2.75, 3.05) is 0 Å². The SMILES string of the molecule is c1ccc(-c2ccc3c(c2)-c2cc(-c4ccc5c(c4)c4cc(-c6ccccc6)ccc4n5-c4cccc5ccccc45)ccc2C3)cc1. The predicted molar refractivity (Wildman–Crippen MR) is 203 cm³/mol. The number of fused-ring (bicyclic) bond motifs is 7. The van der Waals surface area contributed by atoms with Crippen LogP contribution < -0.4 is 0 Å². The molecule has 0 saturated heterocycles. The Kier molecular flexibility index (Phi) is 6.01. The van der Waals surface area contributed by atoms with Crippen molar-refractivity contribution in [1.82, 2.24) is 4.57 Å². The molecule has 0 atom stereocenters. The van der Waals surface area contributed by atoms with E-state index >= 15 is 0 Å². The molecule has 0 spiro atoms. The molecule has 1 aromatic heterocycles. The maximum atomic E-state index is 2.45. The van der Waals surface area contributed by atoms with E-state index < -0.39 is 0 Å². The van der Waals surface area contributed by atoms with Crippen molar-refractivity contribution in [2.45, 2.75) is 6.42 Å². The van der Waals surface area contributed by atoms with Gasteiger partial charge in [-0.1, -0.05) is 133 Å². The maximum absolute atomic E-state index is 2.45. The zero-order valence-corrected chi connectivity index (χ0v) is 26.4. The molecule has 0 unspecified atom stereocenters. The van der Waals surface area contributed by atoms with E-state index in [4.69, 9.17) is 0 Å². The molecule has 1 heteroatoms. The summed E-state index contributed by atoms with van der Waals surface area (Å²) in [5.74, 6) is 0. The summed E-state index contributed by atoms with van der Waals surface area (Å²) in [6.45, 7) is 0. The third-order valence-corrected chi connectivity index (χ3v) is 10.2. The summed E-state index contributed by atoms with van der Waals surface area (Å²) >= 11 is 0. The van der Waals surface area contributed by atoms with Crippen molar-refractivity contribution in [3.05, 3.63) is 187 Å². The number of rotatable bonds is 4. The largest absolute Gasteiger partial charge is 0.309 e. The summed E-state index contributed by atoms with van der Waals surface area (Å²) in [5.41, 5.74) is 16.6. The Hall–Kier alpha value is -6.18. The molecule has 1 heterocycles. The van der Waals surface area contributed by atoms with Gasteiger partial charge in [0.1, 0.15) is 0 Å². The Balaban J connectivity index is 1.17.